The quantitative estimate of drug-likeness (QED) is 0.302. The van der Waals surface area contributed by atoms with Crippen LogP contribution < -0.4 is 21.5 Å². The molecule has 9 heteroatoms. The second kappa shape index (κ2) is 8.83. The van der Waals surface area contributed by atoms with Crippen molar-refractivity contribution in [3.05, 3.63) is 70.0 Å². The summed E-state index contributed by atoms with van der Waals surface area (Å²) in [5.41, 5.74) is 3.18. The van der Waals surface area contributed by atoms with Gasteiger partial charge < -0.3 is 21.1 Å². The number of nitrogens with zero attached hydrogens (tertiary/aromatic N) is 2. The Labute approximate surface area is 200 Å². The maximum Gasteiger partial charge on any atom is 0.264 e. The Morgan fingerprint density at radius 3 is 2.76 bits per heavy atom. The van der Waals surface area contributed by atoms with E-state index in [0.717, 1.165) is 47.3 Å². The Kier molecular flexibility index (Phi) is 5.52. The predicted octanol–water partition coefficient (Wildman–Crippen LogP) is 3.28. The monoisotopic (exact) mass is 474 g/mol. The van der Waals surface area contributed by atoms with E-state index in [-0.39, 0.29) is 17.6 Å². The molecule has 3 atom stereocenters. The zero-order valence-electron chi connectivity index (χ0n) is 18.5. The molecule has 0 radical (unpaired) electrons. The Bertz CT molecular complexity index is 1360. The molecule has 1 fully saturated rings. The van der Waals surface area contributed by atoms with Crippen molar-refractivity contribution in [1.82, 2.24) is 20.3 Å². The largest absolute Gasteiger partial charge is 0.390 e. The number of aromatic nitrogens is 3. The van der Waals surface area contributed by atoms with Crippen LogP contribution in [0.1, 0.15) is 30.0 Å². The fourth-order valence-corrected chi connectivity index (χ4v) is 5.90. The summed E-state index contributed by atoms with van der Waals surface area (Å²) >= 11 is 1.48. The lowest BCUT2D eigenvalue weighted by Gasteiger charge is -2.25. The van der Waals surface area contributed by atoms with Crippen LogP contribution >= 0.6 is 11.3 Å². The Balaban J connectivity index is 1.40. The molecule has 1 saturated heterocycles. The third-order valence-corrected chi connectivity index (χ3v) is 7.61. The molecule has 2 aromatic heterocycles. The lowest BCUT2D eigenvalue weighted by atomic mass is 10.1. The first kappa shape index (κ1) is 21.3. The number of hydrogen-bond donors (Lipinski definition) is 5. The van der Waals surface area contributed by atoms with Gasteiger partial charge in [0.05, 0.1) is 22.4 Å². The molecule has 1 aliphatic carbocycles. The van der Waals surface area contributed by atoms with Crippen LogP contribution in [-0.2, 0) is 6.42 Å². The molecule has 174 valence electrons. The summed E-state index contributed by atoms with van der Waals surface area (Å²) in [5.74, 6) is 0.849. The van der Waals surface area contributed by atoms with Gasteiger partial charge in [0, 0.05) is 19.0 Å². The highest BCUT2D eigenvalue weighted by atomic mass is 32.1. The number of aliphatic hydroxyl groups excluding tert-OH is 1. The van der Waals surface area contributed by atoms with Crippen LogP contribution in [0.4, 0.5) is 11.8 Å². The van der Waals surface area contributed by atoms with Gasteiger partial charge in [0.15, 0.2) is 0 Å². The van der Waals surface area contributed by atoms with E-state index in [4.69, 9.17) is 9.97 Å². The fraction of sp³-hybridized carbons (Fsp3) is 0.320. The third kappa shape index (κ3) is 3.96. The van der Waals surface area contributed by atoms with Gasteiger partial charge in [-0.2, -0.15) is 4.98 Å². The van der Waals surface area contributed by atoms with E-state index in [9.17, 15) is 9.90 Å². The highest BCUT2D eigenvalue weighted by Crippen LogP contribution is 2.35. The number of H-pyrrole nitrogens is 1. The number of nitrogens with one attached hydrogen (secondary N) is 4. The van der Waals surface area contributed by atoms with E-state index in [1.807, 2.05) is 48.5 Å². The molecule has 5 N–H and O–H groups in total. The number of benzene rings is 2. The number of hydrogen-bond acceptors (Lipinski definition) is 8. The molecule has 6 rings (SSSR count). The maximum atomic E-state index is 13.4. The molecule has 0 spiro atoms. The smallest absolute Gasteiger partial charge is 0.264 e. The van der Waals surface area contributed by atoms with Gasteiger partial charge in [-0.05, 0) is 42.6 Å². The first-order chi connectivity index (χ1) is 16.7. The minimum absolute atomic E-state index is 0.168. The Morgan fingerprint density at radius 1 is 1.06 bits per heavy atom. The maximum absolute atomic E-state index is 13.4. The average Bonchev–Trinajstić information content (AvgIpc) is 3.40. The second-order valence-electron chi connectivity index (χ2n) is 8.90. The first-order valence-corrected chi connectivity index (χ1v) is 12.5. The molecule has 1 aliphatic heterocycles. The Morgan fingerprint density at radius 2 is 1.91 bits per heavy atom. The number of anilines is 2. The lowest BCUT2D eigenvalue weighted by Crippen LogP contribution is -2.39. The van der Waals surface area contributed by atoms with E-state index < -0.39 is 6.10 Å². The van der Waals surface area contributed by atoms with E-state index in [1.54, 1.807) is 0 Å². The van der Waals surface area contributed by atoms with Crippen LogP contribution in [0.15, 0.2) is 53.3 Å². The number of aliphatic hydroxyl groups is 1. The minimum atomic E-state index is -0.592. The minimum Gasteiger partial charge on any atom is -0.390 e. The summed E-state index contributed by atoms with van der Waals surface area (Å²) in [6.07, 6.45) is 2.04. The van der Waals surface area contributed by atoms with Crippen LogP contribution in [0.3, 0.4) is 0 Å². The molecule has 0 bridgehead atoms. The van der Waals surface area contributed by atoms with Gasteiger partial charge in [-0.25, -0.2) is 4.98 Å². The van der Waals surface area contributed by atoms with Crippen LogP contribution in [-0.4, -0.2) is 45.3 Å². The number of piperidine rings is 1. The van der Waals surface area contributed by atoms with Crippen LogP contribution in [0, 0.1) is 0 Å². The number of fused-ring (bicyclic) bond motifs is 2. The molecule has 2 aromatic carbocycles. The molecule has 3 heterocycles. The molecular weight excluding hydrogens is 448 g/mol. The van der Waals surface area contributed by atoms with Crippen LogP contribution in [0.2, 0.25) is 0 Å². The van der Waals surface area contributed by atoms with Crippen molar-refractivity contribution in [2.24, 2.45) is 0 Å². The van der Waals surface area contributed by atoms with Crippen molar-refractivity contribution >= 4 is 33.3 Å². The fourth-order valence-electron chi connectivity index (χ4n) is 4.89. The van der Waals surface area contributed by atoms with Gasteiger partial charge in [0.1, 0.15) is 16.4 Å². The summed E-state index contributed by atoms with van der Waals surface area (Å²) in [7, 11) is 0. The summed E-state index contributed by atoms with van der Waals surface area (Å²) in [6.45, 7) is 1.81. The van der Waals surface area contributed by atoms with Crippen LogP contribution in [0.25, 0.3) is 20.8 Å². The zero-order valence-corrected chi connectivity index (χ0v) is 19.4. The lowest BCUT2D eigenvalue weighted by molar-refractivity contribution is 0.165. The highest BCUT2D eigenvalue weighted by molar-refractivity contribution is 7.21. The van der Waals surface area contributed by atoms with Crippen molar-refractivity contribution in [3.8, 4) is 10.6 Å². The number of rotatable bonds is 5. The number of para-hydroxylation sites is 1. The van der Waals surface area contributed by atoms with Crippen LogP contribution in [0.5, 0.6) is 0 Å². The highest BCUT2D eigenvalue weighted by Gasteiger charge is 2.31. The van der Waals surface area contributed by atoms with Gasteiger partial charge in [-0.15, -0.1) is 11.3 Å². The van der Waals surface area contributed by atoms with E-state index in [1.165, 1.54) is 11.3 Å². The molecule has 8 nitrogen and oxygen atoms in total. The van der Waals surface area contributed by atoms with Gasteiger partial charge in [0.2, 0.25) is 5.95 Å². The molecule has 0 saturated carbocycles. The molecule has 4 aromatic rings. The van der Waals surface area contributed by atoms with E-state index in [2.05, 4.69) is 20.9 Å². The summed E-state index contributed by atoms with van der Waals surface area (Å²) in [4.78, 5) is 25.8. The first-order valence-electron chi connectivity index (χ1n) is 11.7. The topological polar surface area (TPSA) is 115 Å². The second-order valence-corrected chi connectivity index (χ2v) is 9.94. The molecule has 0 amide bonds. The summed E-state index contributed by atoms with van der Waals surface area (Å²) in [5, 5.41) is 21.5. The van der Waals surface area contributed by atoms with E-state index >= 15 is 0 Å². The van der Waals surface area contributed by atoms with Crippen molar-refractivity contribution in [2.75, 3.05) is 23.7 Å². The van der Waals surface area contributed by atoms with Crippen molar-refractivity contribution in [3.63, 3.8) is 0 Å². The van der Waals surface area contributed by atoms with Gasteiger partial charge in [-0.1, -0.05) is 36.4 Å². The summed E-state index contributed by atoms with van der Waals surface area (Å²) in [6, 6.07) is 15.7. The Hall–Kier alpha value is -3.27. The molecule has 34 heavy (non-hydrogen) atoms. The molecule has 0 unspecified atom stereocenters. The SMILES string of the molecule is O=c1[nH]c(N[C@H]2c3ccccc3C[C@@H]2O)nc(N[C@@H]2CCCNC2)c1-c1nc2ccccc2s1. The normalized spacial score (nSPS) is 22.0. The average molecular weight is 475 g/mol. The van der Waals surface area contributed by atoms with E-state index in [0.29, 0.717) is 28.8 Å². The van der Waals surface area contributed by atoms with Crippen molar-refractivity contribution in [1.29, 1.82) is 0 Å². The summed E-state index contributed by atoms with van der Waals surface area (Å²) < 4.78 is 1.02. The van der Waals surface area contributed by atoms with Crippen molar-refractivity contribution < 1.29 is 5.11 Å². The number of aromatic amines is 1. The third-order valence-electron chi connectivity index (χ3n) is 6.56. The number of thiazole rings is 1. The van der Waals surface area contributed by atoms with Gasteiger partial charge in [0.25, 0.3) is 5.56 Å². The standard InChI is InChI=1S/C25H26N6O2S/c32-18-12-14-6-1-2-8-16(14)21(18)29-25-30-22(27-15-7-5-11-26-13-15)20(23(33)31-25)24-28-17-9-3-4-10-19(17)34-24/h1-4,6,8-10,15,18,21,26,32H,5,7,11-13H2,(H3,27,29,30,31,33)/t15-,18+,21+/m1/s1. The van der Waals surface area contributed by atoms with Crippen molar-refractivity contribution in [2.45, 2.75) is 37.5 Å². The predicted molar refractivity (Wildman–Crippen MR) is 136 cm³/mol. The molecular formula is C25H26N6O2S. The van der Waals surface area contributed by atoms with Gasteiger partial charge in [-0.3, -0.25) is 9.78 Å². The zero-order chi connectivity index (χ0) is 23.1. The van der Waals surface area contributed by atoms with Gasteiger partial charge >= 0.3 is 0 Å². The molecule has 2 aliphatic rings.